The second-order valence-corrected chi connectivity index (χ2v) is 5.90. The number of ether oxygens (including phenoxy) is 1. The molecule has 0 bridgehead atoms. The van der Waals surface area contributed by atoms with E-state index >= 15 is 0 Å². The summed E-state index contributed by atoms with van der Waals surface area (Å²) in [7, 11) is 0. The van der Waals surface area contributed by atoms with Gasteiger partial charge in [0, 0.05) is 6.42 Å². The van der Waals surface area contributed by atoms with Gasteiger partial charge in [-0.2, -0.15) is 0 Å². The zero-order valence-electron chi connectivity index (χ0n) is 14.9. The maximum atomic E-state index is 13.5. The lowest BCUT2D eigenvalue weighted by Crippen LogP contribution is -2.47. The number of para-hydroxylation sites is 1. The van der Waals surface area contributed by atoms with Crippen LogP contribution in [-0.4, -0.2) is 17.9 Å². The molecular formula is C20H23FN2O3. The van der Waals surface area contributed by atoms with E-state index in [1.54, 1.807) is 6.07 Å². The molecule has 0 saturated heterocycles. The van der Waals surface area contributed by atoms with E-state index in [4.69, 9.17) is 4.74 Å². The molecule has 6 heteroatoms. The Bertz CT molecular complexity index is 747. The van der Waals surface area contributed by atoms with Crippen molar-refractivity contribution in [3.63, 3.8) is 0 Å². The second kappa shape index (κ2) is 9.56. The number of hydrazine groups is 1. The normalized spacial score (nSPS) is 11.5. The molecule has 0 aromatic heterocycles. The standard InChI is InChI=1S/C20H23FN2O3/c1-3-15-8-10-16(11-9-15)12-13-19(24)22-23-20(25)14(2)26-18-7-5-4-6-17(18)21/h4-11,14H,3,12-13H2,1-2H3,(H,22,24)(H,23,25)/t14-/m0/s1. The third-order valence-electron chi connectivity index (χ3n) is 3.91. The number of amides is 2. The zero-order valence-corrected chi connectivity index (χ0v) is 14.9. The van der Waals surface area contributed by atoms with Crippen molar-refractivity contribution in [2.24, 2.45) is 0 Å². The Balaban J connectivity index is 1.73. The molecule has 26 heavy (non-hydrogen) atoms. The third-order valence-corrected chi connectivity index (χ3v) is 3.91. The maximum absolute atomic E-state index is 13.5. The van der Waals surface area contributed by atoms with Crippen molar-refractivity contribution in [2.75, 3.05) is 0 Å². The first-order valence-electron chi connectivity index (χ1n) is 8.57. The quantitative estimate of drug-likeness (QED) is 0.748. The molecule has 5 nitrogen and oxygen atoms in total. The Morgan fingerprint density at radius 2 is 1.69 bits per heavy atom. The van der Waals surface area contributed by atoms with E-state index in [1.807, 2.05) is 24.3 Å². The zero-order chi connectivity index (χ0) is 18.9. The van der Waals surface area contributed by atoms with Crippen LogP contribution in [0.5, 0.6) is 5.75 Å². The molecule has 0 unspecified atom stereocenters. The summed E-state index contributed by atoms with van der Waals surface area (Å²) in [5.41, 5.74) is 6.94. The summed E-state index contributed by atoms with van der Waals surface area (Å²) in [4.78, 5) is 23.8. The molecule has 2 aromatic carbocycles. The van der Waals surface area contributed by atoms with Crippen molar-refractivity contribution in [2.45, 2.75) is 39.2 Å². The molecule has 0 aliphatic rings. The number of halogens is 1. The van der Waals surface area contributed by atoms with Gasteiger partial charge in [-0.25, -0.2) is 4.39 Å². The number of benzene rings is 2. The Hall–Kier alpha value is -2.89. The van der Waals surface area contributed by atoms with Crippen LogP contribution in [0, 0.1) is 5.82 Å². The summed E-state index contributed by atoms with van der Waals surface area (Å²) >= 11 is 0. The van der Waals surface area contributed by atoms with Gasteiger partial charge in [-0.15, -0.1) is 0 Å². The van der Waals surface area contributed by atoms with Crippen molar-refractivity contribution >= 4 is 11.8 Å². The number of rotatable bonds is 7. The van der Waals surface area contributed by atoms with Crippen LogP contribution in [0.4, 0.5) is 4.39 Å². The highest BCUT2D eigenvalue weighted by molar-refractivity contribution is 5.84. The molecule has 0 saturated carbocycles. The van der Waals surface area contributed by atoms with Gasteiger partial charge < -0.3 is 4.74 Å². The summed E-state index contributed by atoms with van der Waals surface area (Å²) in [6.45, 7) is 3.56. The lowest BCUT2D eigenvalue weighted by molar-refractivity contribution is -0.132. The van der Waals surface area contributed by atoms with Gasteiger partial charge in [0.15, 0.2) is 17.7 Å². The molecule has 2 rings (SSSR count). The average Bonchev–Trinajstić information content (AvgIpc) is 2.66. The molecule has 0 aliphatic heterocycles. The van der Waals surface area contributed by atoms with Crippen LogP contribution in [0.15, 0.2) is 48.5 Å². The molecule has 2 aromatic rings. The van der Waals surface area contributed by atoms with Crippen LogP contribution in [0.3, 0.4) is 0 Å². The fraction of sp³-hybridized carbons (Fsp3) is 0.300. The minimum absolute atomic E-state index is 0.0167. The first-order valence-corrected chi connectivity index (χ1v) is 8.57. The molecule has 0 spiro atoms. The highest BCUT2D eigenvalue weighted by atomic mass is 19.1. The van der Waals surface area contributed by atoms with E-state index in [2.05, 4.69) is 17.8 Å². The Labute approximate surface area is 152 Å². The lowest BCUT2D eigenvalue weighted by atomic mass is 10.1. The lowest BCUT2D eigenvalue weighted by Gasteiger charge is -2.15. The SMILES string of the molecule is CCc1ccc(CCC(=O)NNC(=O)[C@H](C)Oc2ccccc2F)cc1. The molecule has 0 aliphatic carbocycles. The van der Waals surface area contributed by atoms with Crippen LogP contribution >= 0.6 is 0 Å². The van der Waals surface area contributed by atoms with E-state index in [1.165, 1.54) is 30.7 Å². The predicted octanol–water partition coefficient (Wildman–Crippen LogP) is 2.94. The maximum Gasteiger partial charge on any atom is 0.279 e. The minimum Gasteiger partial charge on any atom is -0.478 e. The minimum atomic E-state index is -0.950. The van der Waals surface area contributed by atoms with E-state index in [-0.39, 0.29) is 18.1 Å². The van der Waals surface area contributed by atoms with Gasteiger partial charge in [0.25, 0.3) is 5.91 Å². The van der Waals surface area contributed by atoms with Crippen LogP contribution in [0.1, 0.15) is 31.4 Å². The van der Waals surface area contributed by atoms with Crippen molar-refractivity contribution < 1.29 is 18.7 Å². The van der Waals surface area contributed by atoms with Crippen LogP contribution in [0.25, 0.3) is 0 Å². The third kappa shape index (κ3) is 5.88. The summed E-state index contributed by atoms with van der Waals surface area (Å²) in [6, 6.07) is 13.9. The topological polar surface area (TPSA) is 67.4 Å². The fourth-order valence-corrected chi connectivity index (χ4v) is 2.28. The first-order chi connectivity index (χ1) is 12.5. The van der Waals surface area contributed by atoms with E-state index in [0.29, 0.717) is 6.42 Å². The number of hydrogen-bond donors (Lipinski definition) is 2. The van der Waals surface area contributed by atoms with E-state index in [0.717, 1.165) is 12.0 Å². The Morgan fingerprint density at radius 1 is 1.04 bits per heavy atom. The molecule has 2 amide bonds. The van der Waals surface area contributed by atoms with Crippen LogP contribution in [0.2, 0.25) is 0 Å². The highest BCUT2D eigenvalue weighted by Crippen LogP contribution is 2.16. The summed E-state index contributed by atoms with van der Waals surface area (Å²) in [5, 5.41) is 0. The summed E-state index contributed by atoms with van der Waals surface area (Å²) in [6.07, 6.45) is 0.843. The van der Waals surface area contributed by atoms with Crippen molar-refractivity contribution in [3.8, 4) is 5.75 Å². The second-order valence-electron chi connectivity index (χ2n) is 5.90. The van der Waals surface area contributed by atoms with Gasteiger partial charge >= 0.3 is 0 Å². The Kier molecular flexibility index (Phi) is 7.14. The Morgan fingerprint density at radius 3 is 2.35 bits per heavy atom. The predicted molar refractivity (Wildman–Crippen MR) is 96.9 cm³/mol. The van der Waals surface area contributed by atoms with Crippen LogP contribution < -0.4 is 15.6 Å². The molecule has 138 valence electrons. The molecule has 2 N–H and O–H groups in total. The fourth-order valence-electron chi connectivity index (χ4n) is 2.28. The molecule has 0 heterocycles. The van der Waals surface area contributed by atoms with Gasteiger partial charge in [0.2, 0.25) is 5.91 Å². The van der Waals surface area contributed by atoms with E-state index in [9.17, 15) is 14.0 Å². The summed E-state index contributed by atoms with van der Waals surface area (Å²) in [5.74, 6) is -1.44. The van der Waals surface area contributed by atoms with Gasteiger partial charge in [-0.1, -0.05) is 43.3 Å². The van der Waals surface area contributed by atoms with Crippen molar-refractivity contribution in [1.29, 1.82) is 0 Å². The highest BCUT2D eigenvalue weighted by Gasteiger charge is 2.17. The smallest absolute Gasteiger partial charge is 0.279 e. The molecule has 1 atom stereocenters. The number of carbonyl (C=O) groups excluding carboxylic acids is 2. The average molecular weight is 358 g/mol. The number of hydrogen-bond acceptors (Lipinski definition) is 3. The first kappa shape index (κ1) is 19.4. The molecule has 0 radical (unpaired) electrons. The van der Waals surface area contributed by atoms with Gasteiger partial charge in [0.05, 0.1) is 0 Å². The summed E-state index contributed by atoms with van der Waals surface area (Å²) < 4.78 is 18.8. The number of carbonyl (C=O) groups is 2. The van der Waals surface area contributed by atoms with Crippen molar-refractivity contribution in [3.05, 3.63) is 65.5 Å². The van der Waals surface area contributed by atoms with Crippen molar-refractivity contribution in [1.82, 2.24) is 10.9 Å². The number of nitrogens with one attached hydrogen (secondary N) is 2. The monoisotopic (exact) mass is 358 g/mol. The van der Waals surface area contributed by atoms with Gasteiger partial charge in [0.1, 0.15) is 0 Å². The van der Waals surface area contributed by atoms with Crippen LogP contribution in [-0.2, 0) is 22.4 Å². The van der Waals surface area contributed by atoms with Gasteiger partial charge in [-0.05, 0) is 43.0 Å². The number of aryl methyl sites for hydroxylation is 2. The van der Waals surface area contributed by atoms with Gasteiger partial charge in [-0.3, -0.25) is 20.4 Å². The van der Waals surface area contributed by atoms with E-state index < -0.39 is 17.8 Å². The molecular weight excluding hydrogens is 335 g/mol. The molecule has 0 fully saturated rings. The largest absolute Gasteiger partial charge is 0.478 e.